The van der Waals surface area contributed by atoms with Crippen molar-refractivity contribution in [2.75, 3.05) is 18.1 Å². The van der Waals surface area contributed by atoms with Crippen LogP contribution in [0.5, 0.6) is 5.75 Å². The molecule has 150 valence electrons. The van der Waals surface area contributed by atoms with Gasteiger partial charge in [0.05, 0.1) is 24.4 Å². The van der Waals surface area contributed by atoms with Crippen molar-refractivity contribution in [3.05, 3.63) is 76.8 Å². The van der Waals surface area contributed by atoms with Crippen molar-refractivity contribution in [1.29, 1.82) is 0 Å². The molecule has 3 rings (SSSR count). The highest BCUT2D eigenvalue weighted by Gasteiger charge is 2.38. The Hall–Kier alpha value is -3.41. The molecule has 0 atom stereocenters. The number of carbonyl (C=O) groups is 2. The number of rotatable bonds is 6. The van der Waals surface area contributed by atoms with Crippen LogP contribution < -0.4 is 9.64 Å². The van der Waals surface area contributed by atoms with Gasteiger partial charge in [0.1, 0.15) is 11.6 Å². The number of benzene rings is 2. The molecule has 1 heterocycles. The molecule has 29 heavy (non-hydrogen) atoms. The highest BCUT2D eigenvalue weighted by atomic mass is 19.1. The summed E-state index contributed by atoms with van der Waals surface area (Å²) in [5.41, 5.74) is 1.88. The first-order chi connectivity index (χ1) is 14.0. The fourth-order valence-corrected chi connectivity index (χ4v) is 3.21. The highest BCUT2D eigenvalue weighted by Crippen LogP contribution is 2.36. The van der Waals surface area contributed by atoms with Crippen LogP contribution >= 0.6 is 0 Å². The van der Waals surface area contributed by atoms with Crippen molar-refractivity contribution in [1.82, 2.24) is 0 Å². The summed E-state index contributed by atoms with van der Waals surface area (Å²) in [5.74, 6) is -0.703. The minimum absolute atomic E-state index is 0.167. The third kappa shape index (κ3) is 4.21. The number of ether oxygens (including phenoxy) is 2. The number of hydrogen-bond donors (Lipinski definition) is 0. The number of anilines is 1. The van der Waals surface area contributed by atoms with Gasteiger partial charge in [-0.1, -0.05) is 12.1 Å². The summed E-state index contributed by atoms with van der Waals surface area (Å²) in [5, 5.41) is 0. The normalized spacial score (nSPS) is 15.2. The first kappa shape index (κ1) is 20.3. The first-order valence-electron chi connectivity index (χ1n) is 9.39. The molecule has 2 aromatic rings. The van der Waals surface area contributed by atoms with Crippen molar-refractivity contribution in [2.45, 2.75) is 20.8 Å². The maximum absolute atomic E-state index is 13.6. The molecule has 1 aliphatic rings. The topological polar surface area (TPSA) is 55.8 Å². The Morgan fingerprint density at radius 1 is 1.10 bits per heavy atom. The number of hydrogen-bond acceptors (Lipinski definition) is 4. The van der Waals surface area contributed by atoms with Gasteiger partial charge in [-0.2, -0.15) is 0 Å². The predicted molar refractivity (Wildman–Crippen MR) is 109 cm³/mol. The Kier molecular flexibility index (Phi) is 6.12. The van der Waals surface area contributed by atoms with E-state index in [0.717, 1.165) is 0 Å². The van der Waals surface area contributed by atoms with Crippen molar-refractivity contribution >= 4 is 23.6 Å². The van der Waals surface area contributed by atoms with Crippen LogP contribution in [-0.4, -0.2) is 25.1 Å². The van der Waals surface area contributed by atoms with E-state index in [4.69, 9.17) is 9.47 Å². The van der Waals surface area contributed by atoms with Gasteiger partial charge in [0.2, 0.25) is 0 Å². The number of nitrogens with zero attached hydrogens (tertiary/aromatic N) is 1. The Bertz CT molecular complexity index is 992. The van der Waals surface area contributed by atoms with Crippen molar-refractivity contribution in [3.8, 4) is 5.75 Å². The SMILES string of the molecule is CCOC(=O)C1=C(C)N(c2ccc(OCC)cc2)C(=O)/C1=C\c1cccc(F)c1. The molecule has 0 spiro atoms. The molecule has 0 radical (unpaired) electrons. The lowest BCUT2D eigenvalue weighted by Gasteiger charge is -2.18. The van der Waals surface area contributed by atoms with Crippen molar-refractivity contribution in [3.63, 3.8) is 0 Å². The minimum atomic E-state index is -0.588. The largest absolute Gasteiger partial charge is 0.494 e. The third-order valence-electron chi connectivity index (χ3n) is 4.45. The van der Waals surface area contributed by atoms with E-state index < -0.39 is 11.8 Å². The molecular weight excluding hydrogens is 373 g/mol. The van der Waals surface area contributed by atoms with Crippen LogP contribution in [0.1, 0.15) is 26.3 Å². The number of allylic oxidation sites excluding steroid dienone is 1. The number of amides is 1. The molecule has 6 heteroatoms. The van der Waals surface area contributed by atoms with Crippen LogP contribution in [0, 0.1) is 5.82 Å². The summed E-state index contributed by atoms with van der Waals surface area (Å²) < 4.78 is 24.2. The Morgan fingerprint density at radius 3 is 2.45 bits per heavy atom. The molecule has 0 saturated heterocycles. The quantitative estimate of drug-likeness (QED) is 0.534. The molecule has 0 fully saturated rings. The van der Waals surface area contributed by atoms with Gasteiger partial charge in [-0.15, -0.1) is 0 Å². The van der Waals surface area contributed by atoms with Gasteiger partial charge < -0.3 is 9.47 Å². The van der Waals surface area contributed by atoms with Gasteiger partial charge in [0.15, 0.2) is 0 Å². The van der Waals surface area contributed by atoms with E-state index in [9.17, 15) is 14.0 Å². The fraction of sp³-hybridized carbons (Fsp3) is 0.217. The maximum Gasteiger partial charge on any atom is 0.340 e. The van der Waals surface area contributed by atoms with E-state index in [1.807, 2.05) is 6.92 Å². The van der Waals surface area contributed by atoms with Crippen LogP contribution in [-0.2, 0) is 14.3 Å². The van der Waals surface area contributed by atoms with Gasteiger partial charge >= 0.3 is 5.97 Å². The lowest BCUT2D eigenvalue weighted by Crippen LogP contribution is -2.24. The van der Waals surface area contributed by atoms with Crippen molar-refractivity contribution in [2.24, 2.45) is 0 Å². The third-order valence-corrected chi connectivity index (χ3v) is 4.45. The first-order valence-corrected chi connectivity index (χ1v) is 9.39. The van der Waals surface area contributed by atoms with E-state index in [2.05, 4.69) is 0 Å². The average Bonchev–Trinajstić information content (AvgIpc) is 2.93. The second-order valence-corrected chi connectivity index (χ2v) is 6.36. The van der Waals surface area contributed by atoms with Crippen LogP contribution in [0.3, 0.4) is 0 Å². The summed E-state index contributed by atoms with van der Waals surface area (Å²) in [6, 6.07) is 12.9. The second-order valence-electron chi connectivity index (χ2n) is 6.36. The maximum atomic E-state index is 13.6. The monoisotopic (exact) mass is 395 g/mol. The van der Waals surface area contributed by atoms with E-state index in [-0.39, 0.29) is 23.7 Å². The lowest BCUT2D eigenvalue weighted by atomic mass is 10.0. The number of esters is 1. The van der Waals surface area contributed by atoms with E-state index in [1.54, 1.807) is 50.2 Å². The highest BCUT2D eigenvalue weighted by molar-refractivity contribution is 6.23. The zero-order chi connectivity index (χ0) is 21.0. The summed E-state index contributed by atoms with van der Waals surface area (Å²) in [6.45, 7) is 5.99. The minimum Gasteiger partial charge on any atom is -0.494 e. The molecule has 1 amide bonds. The molecular formula is C23H22FNO4. The van der Waals surface area contributed by atoms with Crippen LogP contribution in [0.4, 0.5) is 10.1 Å². The Morgan fingerprint density at radius 2 is 1.83 bits per heavy atom. The zero-order valence-electron chi connectivity index (χ0n) is 16.6. The van der Waals surface area contributed by atoms with Crippen molar-refractivity contribution < 1.29 is 23.5 Å². The van der Waals surface area contributed by atoms with Crippen LogP contribution in [0.25, 0.3) is 6.08 Å². The summed E-state index contributed by atoms with van der Waals surface area (Å²) in [4.78, 5) is 27.3. The summed E-state index contributed by atoms with van der Waals surface area (Å²) in [6.07, 6.45) is 1.51. The molecule has 0 bridgehead atoms. The Balaban J connectivity index is 2.07. The lowest BCUT2D eigenvalue weighted by molar-refractivity contribution is -0.138. The number of carbonyl (C=O) groups excluding carboxylic acids is 2. The molecule has 1 aliphatic heterocycles. The molecule has 0 aromatic heterocycles. The van der Waals surface area contributed by atoms with Crippen LogP contribution in [0.15, 0.2) is 65.4 Å². The molecule has 5 nitrogen and oxygen atoms in total. The Labute approximate surface area is 169 Å². The molecule has 0 unspecified atom stereocenters. The van der Waals surface area contributed by atoms with Gasteiger partial charge in [-0.3, -0.25) is 9.69 Å². The summed E-state index contributed by atoms with van der Waals surface area (Å²) in [7, 11) is 0. The standard InChI is InChI=1S/C23H22FNO4/c1-4-28-19-11-9-18(10-12-19)25-15(3)21(23(27)29-5-2)20(22(25)26)14-16-7-6-8-17(24)13-16/h6-14H,4-5H2,1-3H3/b20-14-. The zero-order valence-corrected chi connectivity index (χ0v) is 16.6. The van der Waals surface area contributed by atoms with Gasteiger partial charge in [-0.05, 0) is 68.8 Å². The van der Waals surface area contributed by atoms with Gasteiger partial charge in [-0.25, -0.2) is 9.18 Å². The summed E-state index contributed by atoms with van der Waals surface area (Å²) >= 11 is 0. The molecule has 0 aliphatic carbocycles. The van der Waals surface area contributed by atoms with E-state index in [1.165, 1.54) is 23.1 Å². The smallest absolute Gasteiger partial charge is 0.340 e. The van der Waals surface area contributed by atoms with Gasteiger partial charge in [0, 0.05) is 11.4 Å². The van der Waals surface area contributed by atoms with E-state index in [0.29, 0.717) is 29.3 Å². The van der Waals surface area contributed by atoms with E-state index >= 15 is 0 Å². The molecule has 0 saturated carbocycles. The average molecular weight is 395 g/mol. The molecule has 2 aromatic carbocycles. The van der Waals surface area contributed by atoms with Crippen LogP contribution in [0.2, 0.25) is 0 Å². The second kappa shape index (κ2) is 8.73. The fourth-order valence-electron chi connectivity index (χ4n) is 3.21. The molecule has 0 N–H and O–H groups in total. The number of halogens is 1. The predicted octanol–water partition coefficient (Wildman–Crippen LogP) is 4.49. The van der Waals surface area contributed by atoms with Gasteiger partial charge in [0.25, 0.3) is 5.91 Å².